The second-order valence-corrected chi connectivity index (χ2v) is 8.75. The number of carbonyl (C=O) groups is 2. The highest BCUT2D eigenvalue weighted by Gasteiger charge is 2.44. The van der Waals surface area contributed by atoms with Crippen molar-refractivity contribution < 1.29 is 9.59 Å². The summed E-state index contributed by atoms with van der Waals surface area (Å²) in [6.45, 7) is 8.93. The van der Waals surface area contributed by atoms with Crippen molar-refractivity contribution in [3.8, 4) is 0 Å². The van der Waals surface area contributed by atoms with E-state index in [2.05, 4.69) is 0 Å². The summed E-state index contributed by atoms with van der Waals surface area (Å²) in [5.41, 5.74) is 5.81. The van der Waals surface area contributed by atoms with E-state index in [-0.39, 0.29) is 41.6 Å². The molecular formula is C18H32ClN3O2. The molecule has 0 bridgehead atoms. The first-order valence-corrected chi connectivity index (χ1v) is 9.11. The lowest BCUT2D eigenvalue weighted by Gasteiger charge is -2.37. The number of rotatable bonds is 1. The van der Waals surface area contributed by atoms with E-state index in [9.17, 15) is 9.59 Å². The van der Waals surface area contributed by atoms with Crippen LogP contribution >= 0.6 is 12.4 Å². The van der Waals surface area contributed by atoms with Crippen LogP contribution in [0.5, 0.6) is 0 Å². The predicted molar refractivity (Wildman–Crippen MR) is 96.8 cm³/mol. The molecule has 138 valence electrons. The summed E-state index contributed by atoms with van der Waals surface area (Å²) in [7, 11) is 0. The first-order chi connectivity index (χ1) is 10.8. The molecule has 2 amide bonds. The van der Waals surface area contributed by atoms with E-state index in [1.165, 1.54) is 0 Å². The molecule has 4 unspecified atom stereocenters. The molecular weight excluding hydrogens is 326 g/mol. The van der Waals surface area contributed by atoms with Gasteiger partial charge in [-0.2, -0.15) is 0 Å². The average Bonchev–Trinajstić information content (AvgIpc) is 3.07. The molecule has 2 N–H and O–H groups in total. The van der Waals surface area contributed by atoms with E-state index in [0.717, 1.165) is 45.3 Å². The molecule has 0 aromatic carbocycles. The standard InChI is InChI=1S/C18H31N3O2.ClH/c1-18(2,3)17(23)20-8-4-5-13(10-20)16(22)21-9-12-6-7-15(19)14(12)11-21;/h12-15H,4-11,19H2,1-3H3;1H. The van der Waals surface area contributed by atoms with Crippen LogP contribution in [-0.2, 0) is 9.59 Å². The molecule has 0 aromatic heterocycles. The zero-order chi connectivity index (χ0) is 16.8. The maximum atomic E-state index is 12.9. The zero-order valence-electron chi connectivity index (χ0n) is 15.2. The molecule has 3 rings (SSSR count). The van der Waals surface area contributed by atoms with E-state index in [1.807, 2.05) is 30.6 Å². The summed E-state index contributed by atoms with van der Waals surface area (Å²) in [6.07, 6.45) is 4.10. The molecule has 0 radical (unpaired) electrons. The summed E-state index contributed by atoms with van der Waals surface area (Å²) in [5.74, 6) is 1.48. The summed E-state index contributed by atoms with van der Waals surface area (Å²) < 4.78 is 0. The summed E-state index contributed by atoms with van der Waals surface area (Å²) in [4.78, 5) is 29.3. The summed E-state index contributed by atoms with van der Waals surface area (Å²) in [5, 5.41) is 0. The van der Waals surface area contributed by atoms with Gasteiger partial charge in [0.1, 0.15) is 0 Å². The van der Waals surface area contributed by atoms with E-state index in [1.54, 1.807) is 0 Å². The molecule has 1 aliphatic carbocycles. The van der Waals surface area contributed by atoms with Crippen molar-refractivity contribution >= 4 is 24.2 Å². The Labute approximate surface area is 151 Å². The third kappa shape index (κ3) is 3.72. The fourth-order valence-corrected chi connectivity index (χ4v) is 4.58. The van der Waals surface area contributed by atoms with Gasteiger partial charge >= 0.3 is 0 Å². The molecule has 0 aromatic rings. The van der Waals surface area contributed by atoms with E-state index < -0.39 is 0 Å². The predicted octanol–water partition coefficient (Wildman–Crippen LogP) is 1.89. The van der Waals surface area contributed by atoms with Gasteiger partial charge in [0.2, 0.25) is 11.8 Å². The maximum absolute atomic E-state index is 12.9. The first kappa shape index (κ1) is 19.5. The average molecular weight is 358 g/mol. The molecule has 0 spiro atoms. The highest BCUT2D eigenvalue weighted by molar-refractivity contribution is 5.85. The zero-order valence-corrected chi connectivity index (χ0v) is 16.0. The van der Waals surface area contributed by atoms with Crippen LogP contribution in [-0.4, -0.2) is 53.8 Å². The van der Waals surface area contributed by atoms with Crippen LogP contribution in [0.1, 0.15) is 46.5 Å². The minimum Gasteiger partial charge on any atom is -0.342 e. The Balaban J connectivity index is 0.00000208. The number of nitrogens with two attached hydrogens (primary N) is 1. The van der Waals surface area contributed by atoms with E-state index >= 15 is 0 Å². The lowest BCUT2D eigenvalue weighted by atomic mass is 9.90. The number of hydrogen-bond acceptors (Lipinski definition) is 3. The summed E-state index contributed by atoms with van der Waals surface area (Å²) in [6, 6.07) is 0.267. The van der Waals surface area contributed by atoms with Crippen LogP contribution in [0.25, 0.3) is 0 Å². The van der Waals surface area contributed by atoms with Gasteiger partial charge in [0, 0.05) is 37.6 Å². The van der Waals surface area contributed by atoms with Gasteiger partial charge < -0.3 is 15.5 Å². The number of carbonyl (C=O) groups excluding carboxylic acids is 2. The van der Waals surface area contributed by atoms with Crippen LogP contribution in [0.3, 0.4) is 0 Å². The number of halogens is 1. The largest absolute Gasteiger partial charge is 0.342 e. The van der Waals surface area contributed by atoms with Crippen molar-refractivity contribution in [1.29, 1.82) is 0 Å². The Hall–Kier alpha value is -0.810. The molecule has 6 heteroatoms. The molecule has 2 heterocycles. The van der Waals surface area contributed by atoms with Crippen LogP contribution in [0.2, 0.25) is 0 Å². The second kappa shape index (κ2) is 7.20. The highest BCUT2D eigenvalue weighted by Crippen LogP contribution is 2.38. The van der Waals surface area contributed by atoms with Gasteiger partial charge in [0.05, 0.1) is 5.92 Å². The first-order valence-electron chi connectivity index (χ1n) is 9.11. The number of amides is 2. The third-order valence-electron chi connectivity index (χ3n) is 5.92. The van der Waals surface area contributed by atoms with Gasteiger partial charge in [-0.05, 0) is 37.5 Å². The molecule has 3 fully saturated rings. The molecule has 24 heavy (non-hydrogen) atoms. The lowest BCUT2D eigenvalue weighted by Crippen LogP contribution is -2.49. The number of nitrogens with zero attached hydrogens (tertiary/aromatic N) is 2. The van der Waals surface area contributed by atoms with Gasteiger partial charge in [-0.15, -0.1) is 12.4 Å². The van der Waals surface area contributed by atoms with Crippen molar-refractivity contribution in [1.82, 2.24) is 9.80 Å². The van der Waals surface area contributed by atoms with Crippen LogP contribution in [0.4, 0.5) is 0 Å². The van der Waals surface area contributed by atoms with E-state index in [0.29, 0.717) is 18.4 Å². The Morgan fingerprint density at radius 3 is 2.33 bits per heavy atom. The minimum absolute atomic E-state index is 0. The topological polar surface area (TPSA) is 66.6 Å². The molecule has 4 atom stereocenters. The quantitative estimate of drug-likeness (QED) is 0.779. The van der Waals surface area contributed by atoms with Gasteiger partial charge in [0.15, 0.2) is 0 Å². The smallest absolute Gasteiger partial charge is 0.227 e. The number of hydrogen-bond donors (Lipinski definition) is 1. The lowest BCUT2D eigenvalue weighted by molar-refractivity contribution is -0.145. The van der Waals surface area contributed by atoms with Crippen molar-refractivity contribution in [2.24, 2.45) is 28.9 Å². The van der Waals surface area contributed by atoms with Gasteiger partial charge in [-0.25, -0.2) is 0 Å². The van der Waals surface area contributed by atoms with Crippen LogP contribution < -0.4 is 5.73 Å². The molecule has 2 aliphatic heterocycles. The minimum atomic E-state index is -0.373. The van der Waals surface area contributed by atoms with Gasteiger partial charge in [0.25, 0.3) is 0 Å². The Bertz CT molecular complexity index is 491. The molecule has 3 aliphatic rings. The maximum Gasteiger partial charge on any atom is 0.227 e. The number of piperidine rings is 1. The molecule has 5 nitrogen and oxygen atoms in total. The van der Waals surface area contributed by atoms with Crippen molar-refractivity contribution in [2.75, 3.05) is 26.2 Å². The fraction of sp³-hybridized carbons (Fsp3) is 0.889. The Kier molecular flexibility index (Phi) is 5.86. The van der Waals surface area contributed by atoms with Crippen LogP contribution in [0, 0.1) is 23.2 Å². The fourth-order valence-electron chi connectivity index (χ4n) is 4.58. The highest BCUT2D eigenvalue weighted by atomic mass is 35.5. The van der Waals surface area contributed by atoms with E-state index in [4.69, 9.17) is 5.73 Å². The van der Waals surface area contributed by atoms with Gasteiger partial charge in [-0.1, -0.05) is 20.8 Å². The Morgan fingerprint density at radius 1 is 1.00 bits per heavy atom. The Morgan fingerprint density at radius 2 is 1.71 bits per heavy atom. The number of fused-ring (bicyclic) bond motifs is 1. The SMILES string of the molecule is CC(C)(C)C(=O)N1CCCC(C(=O)N2CC3CCC(N)C3C2)C1.Cl. The van der Waals surface area contributed by atoms with Crippen molar-refractivity contribution in [2.45, 2.75) is 52.5 Å². The monoisotopic (exact) mass is 357 g/mol. The summed E-state index contributed by atoms with van der Waals surface area (Å²) >= 11 is 0. The normalized spacial score (nSPS) is 33.2. The van der Waals surface area contributed by atoms with Crippen molar-refractivity contribution in [3.63, 3.8) is 0 Å². The van der Waals surface area contributed by atoms with Gasteiger partial charge in [-0.3, -0.25) is 9.59 Å². The molecule has 1 saturated carbocycles. The van der Waals surface area contributed by atoms with Crippen LogP contribution in [0.15, 0.2) is 0 Å². The number of likely N-dealkylation sites (tertiary alicyclic amines) is 2. The van der Waals surface area contributed by atoms with Crippen molar-refractivity contribution in [3.05, 3.63) is 0 Å². The molecule has 2 saturated heterocycles. The third-order valence-corrected chi connectivity index (χ3v) is 5.92. The second-order valence-electron chi connectivity index (χ2n) is 8.75.